The topological polar surface area (TPSA) is 52.6 Å². The van der Waals surface area contributed by atoms with Crippen molar-refractivity contribution in [2.24, 2.45) is 5.41 Å². The van der Waals surface area contributed by atoms with Crippen LogP contribution in [0.25, 0.3) is 0 Å². The SMILES string of the molecule is COC(=O)c1ccc(OCC(=O)C(C)(C)C)c(Br)c1. The molecule has 0 spiro atoms. The van der Waals surface area contributed by atoms with Gasteiger partial charge in [0.15, 0.2) is 5.78 Å². The average Bonchev–Trinajstić information content (AvgIpc) is 2.34. The lowest BCUT2D eigenvalue weighted by molar-refractivity contribution is -0.128. The quantitative estimate of drug-likeness (QED) is 0.796. The number of carbonyl (C=O) groups excluding carboxylic acids is 2. The van der Waals surface area contributed by atoms with Crippen LogP contribution in [0.2, 0.25) is 0 Å². The number of ether oxygens (including phenoxy) is 2. The predicted molar refractivity (Wildman–Crippen MR) is 75.4 cm³/mol. The van der Waals surface area contributed by atoms with E-state index in [1.165, 1.54) is 7.11 Å². The van der Waals surface area contributed by atoms with E-state index in [0.29, 0.717) is 15.8 Å². The molecular weight excluding hydrogens is 312 g/mol. The zero-order valence-corrected chi connectivity index (χ0v) is 13.0. The number of hydrogen-bond acceptors (Lipinski definition) is 4. The number of rotatable bonds is 4. The van der Waals surface area contributed by atoms with E-state index >= 15 is 0 Å². The Morgan fingerprint density at radius 2 is 1.89 bits per heavy atom. The fraction of sp³-hybridized carbons (Fsp3) is 0.429. The van der Waals surface area contributed by atoms with Crippen LogP contribution in [0.4, 0.5) is 0 Å². The van der Waals surface area contributed by atoms with Crippen molar-refractivity contribution in [2.75, 3.05) is 13.7 Å². The van der Waals surface area contributed by atoms with E-state index in [2.05, 4.69) is 20.7 Å². The van der Waals surface area contributed by atoms with Gasteiger partial charge in [-0.15, -0.1) is 0 Å². The molecule has 0 saturated carbocycles. The Morgan fingerprint density at radius 3 is 2.37 bits per heavy atom. The molecule has 0 bridgehead atoms. The zero-order valence-electron chi connectivity index (χ0n) is 11.5. The lowest BCUT2D eigenvalue weighted by Crippen LogP contribution is -2.26. The summed E-state index contributed by atoms with van der Waals surface area (Å²) < 4.78 is 10.7. The largest absolute Gasteiger partial charge is 0.485 e. The van der Waals surface area contributed by atoms with Crippen molar-refractivity contribution < 1.29 is 19.1 Å². The lowest BCUT2D eigenvalue weighted by Gasteiger charge is -2.17. The highest BCUT2D eigenvalue weighted by molar-refractivity contribution is 9.10. The van der Waals surface area contributed by atoms with Gasteiger partial charge in [-0.2, -0.15) is 0 Å². The zero-order chi connectivity index (χ0) is 14.6. The van der Waals surface area contributed by atoms with Crippen molar-refractivity contribution in [1.82, 2.24) is 0 Å². The minimum absolute atomic E-state index is 0.000327. The number of carbonyl (C=O) groups is 2. The summed E-state index contributed by atoms with van der Waals surface area (Å²) in [7, 11) is 1.32. The first-order valence-electron chi connectivity index (χ1n) is 5.79. The summed E-state index contributed by atoms with van der Waals surface area (Å²) in [6.45, 7) is 5.52. The molecule has 1 rings (SSSR count). The molecule has 0 aliphatic heterocycles. The maximum absolute atomic E-state index is 11.8. The standard InChI is InChI=1S/C14H17BrO4/c1-14(2,3)12(16)8-19-11-6-5-9(7-10(11)15)13(17)18-4/h5-7H,8H2,1-4H3. The maximum Gasteiger partial charge on any atom is 0.337 e. The lowest BCUT2D eigenvalue weighted by atomic mass is 9.91. The molecular formula is C14H17BrO4. The molecule has 0 aliphatic rings. The summed E-state index contributed by atoms with van der Waals surface area (Å²) in [5.41, 5.74) is -0.0119. The van der Waals surface area contributed by atoms with Crippen molar-refractivity contribution >= 4 is 27.7 Å². The van der Waals surface area contributed by atoms with E-state index in [1.807, 2.05) is 20.8 Å². The number of ketones is 1. The Morgan fingerprint density at radius 1 is 1.26 bits per heavy atom. The molecule has 0 heterocycles. The summed E-state index contributed by atoms with van der Waals surface area (Å²) in [6.07, 6.45) is 0. The van der Waals surface area contributed by atoms with Crippen molar-refractivity contribution in [3.05, 3.63) is 28.2 Å². The number of esters is 1. The van der Waals surface area contributed by atoms with E-state index in [9.17, 15) is 9.59 Å². The second-order valence-corrected chi connectivity index (χ2v) is 5.95. The third-order valence-electron chi connectivity index (χ3n) is 2.55. The first kappa shape index (κ1) is 15.7. The molecule has 0 N–H and O–H groups in total. The van der Waals surface area contributed by atoms with Gasteiger partial charge in [0.1, 0.15) is 12.4 Å². The second-order valence-electron chi connectivity index (χ2n) is 5.10. The van der Waals surface area contributed by atoms with E-state index in [0.717, 1.165) is 0 Å². The van der Waals surface area contributed by atoms with E-state index in [4.69, 9.17) is 4.74 Å². The number of methoxy groups -OCH3 is 1. The van der Waals surface area contributed by atoms with Gasteiger partial charge >= 0.3 is 5.97 Å². The van der Waals surface area contributed by atoms with Crippen LogP contribution in [0.5, 0.6) is 5.75 Å². The Bertz CT molecular complexity index is 489. The van der Waals surface area contributed by atoms with Gasteiger partial charge in [-0.25, -0.2) is 4.79 Å². The van der Waals surface area contributed by atoms with Crippen LogP contribution in [0.15, 0.2) is 22.7 Å². The number of halogens is 1. The number of hydrogen-bond donors (Lipinski definition) is 0. The third kappa shape index (κ3) is 4.35. The van der Waals surface area contributed by atoms with Gasteiger partial charge in [0, 0.05) is 5.41 Å². The van der Waals surface area contributed by atoms with Gasteiger partial charge in [0.05, 0.1) is 17.1 Å². The molecule has 19 heavy (non-hydrogen) atoms. The molecule has 0 radical (unpaired) electrons. The highest BCUT2D eigenvalue weighted by atomic mass is 79.9. The molecule has 1 aromatic carbocycles. The van der Waals surface area contributed by atoms with Gasteiger partial charge in [0.25, 0.3) is 0 Å². The fourth-order valence-electron chi connectivity index (χ4n) is 1.22. The average molecular weight is 329 g/mol. The highest BCUT2D eigenvalue weighted by Gasteiger charge is 2.22. The third-order valence-corrected chi connectivity index (χ3v) is 3.17. The molecule has 0 unspecified atom stereocenters. The first-order valence-corrected chi connectivity index (χ1v) is 6.59. The van der Waals surface area contributed by atoms with Crippen molar-refractivity contribution in [3.8, 4) is 5.75 Å². The van der Waals surface area contributed by atoms with Crippen molar-refractivity contribution in [1.29, 1.82) is 0 Å². The normalized spacial score (nSPS) is 11.0. The van der Waals surface area contributed by atoms with Crippen LogP contribution in [0.3, 0.4) is 0 Å². The second kappa shape index (κ2) is 6.19. The molecule has 0 amide bonds. The minimum Gasteiger partial charge on any atom is -0.485 e. The summed E-state index contributed by atoms with van der Waals surface area (Å²) in [5.74, 6) is 0.111. The Balaban J connectivity index is 2.76. The van der Waals surface area contributed by atoms with Crippen LogP contribution >= 0.6 is 15.9 Å². The minimum atomic E-state index is -0.432. The Labute approximate surface area is 121 Å². The molecule has 0 fully saturated rings. The molecule has 0 aliphatic carbocycles. The Kier molecular flexibility index (Phi) is 5.11. The van der Waals surface area contributed by atoms with Gasteiger partial charge < -0.3 is 9.47 Å². The summed E-state index contributed by atoms with van der Waals surface area (Å²) in [4.78, 5) is 23.1. The van der Waals surface area contributed by atoms with E-state index in [-0.39, 0.29) is 12.4 Å². The highest BCUT2D eigenvalue weighted by Crippen LogP contribution is 2.27. The van der Waals surface area contributed by atoms with Crippen molar-refractivity contribution in [2.45, 2.75) is 20.8 Å². The van der Waals surface area contributed by atoms with Crippen LogP contribution in [0, 0.1) is 5.41 Å². The Hall–Kier alpha value is -1.36. The number of Topliss-reactive ketones (excluding diaryl/α,β-unsaturated/α-hetero) is 1. The molecule has 0 aromatic heterocycles. The fourth-order valence-corrected chi connectivity index (χ4v) is 1.72. The summed E-state index contributed by atoms with van der Waals surface area (Å²) in [6, 6.07) is 4.82. The molecule has 0 atom stereocenters. The monoisotopic (exact) mass is 328 g/mol. The van der Waals surface area contributed by atoms with E-state index < -0.39 is 11.4 Å². The predicted octanol–water partition coefficient (Wildman–Crippen LogP) is 3.23. The number of benzene rings is 1. The molecule has 5 heteroatoms. The van der Waals surface area contributed by atoms with Crippen LogP contribution in [-0.2, 0) is 9.53 Å². The maximum atomic E-state index is 11.8. The van der Waals surface area contributed by atoms with Crippen LogP contribution in [-0.4, -0.2) is 25.5 Å². The van der Waals surface area contributed by atoms with Crippen molar-refractivity contribution in [3.63, 3.8) is 0 Å². The van der Waals surface area contributed by atoms with Gasteiger partial charge in [0.2, 0.25) is 0 Å². The van der Waals surface area contributed by atoms with Crippen LogP contribution in [0.1, 0.15) is 31.1 Å². The van der Waals surface area contributed by atoms with Gasteiger partial charge in [-0.3, -0.25) is 4.79 Å². The summed E-state index contributed by atoms with van der Waals surface area (Å²) in [5, 5.41) is 0. The smallest absolute Gasteiger partial charge is 0.337 e. The van der Waals surface area contributed by atoms with E-state index in [1.54, 1.807) is 18.2 Å². The molecule has 1 aromatic rings. The molecule has 4 nitrogen and oxygen atoms in total. The van der Waals surface area contributed by atoms with Crippen LogP contribution < -0.4 is 4.74 Å². The first-order chi connectivity index (χ1) is 8.75. The summed E-state index contributed by atoms with van der Waals surface area (Å²) >= 11 is 3.30. The van der Waals surface area contributed by atoms with Gasteiger partial charge in [-0.1, -0.05) is 20.8 Å². The van der Waals surface area contributed by atoms with Gasteiger partial charge in [-0.05, 0) is 34.1 Å². The molecule has 0 saturated heterocycles. The molecule has 104 valence electrons.